The number of aliphatic imine (C=N–C) groups is 1. The molecular weight excluding hydrogens is 514 g/mol. The molecule has 0 radical (unpaired) electrons. The summed E-state index contributed by atoms with van der Waals surface area (Å²) < 4.78 is 29.1. The third kappa shape index (κ3) is 6.84. The minimum Gasteiger partial charge on any atom is -0.493 e. The first-order valence-electron chi connectivity index (χ1n) is 9.48. The number of benzene rings is 2. The minimum absolute atomic E-state index is 0. The number of nitrogens with one attached hydrogen (secondary N) is 2. The van der Waals surface area contributed by atoms with Crippen LogP contribution < -0.4 is 20.1 Å². The Morgan fingerprint density at radius 1 is 1.06 bits per heavy atom. The maximum Gasteiger partial charge on any atom is 0.226 e. The lowest BCUT2D eigenvalue weighted by atomic mass is 10.2. The lowest BCUT2D eigenvalue weighted by Crippen LogP contribution is -2.37. The fraction of sp³-hybridized carbons (Fsp3) is 0.273. The molecule has 0 unspecified atom stereocenters. The van der Waals surface area contributed by atoms with Gasteiger partial charge in [0.2, 0.25) is 5.89 Å². The Morgan fingerprint density at radius 2 is 1.81 bits per heavy atom. The fourth-order valence-electron chi connectivity index (χ4n) is 2.85. The number of rotatable bonds is 8. The smallest absolute Gasteiger partial charge is 0.226 e. The lowest BCUT2D eigenvalue weighted by Gasteiger charge is -2.13. The van der Waals surface area contributed by atoms with E-state index in [1.807, 2.05) is 18.2 Å². The van der Waals surface area contributed by atoms with E-state index >= 15 is 0 Å². The molecule has 1 heterocycles. The van der Waals surface area contributed by atoms with E-state index in [1.165, 1.54) is 12.1 Å². The van der Waals surface area contributed by atoms with Crippen LogP contribution in [0.1, 0.15) is 11.3 Å². The maximum absolute atomic E-state index is 13.0. The molecule has 0 saturated heterocycles. The number of ether oxygens (including phenoxy) is 2. The molecule has 0 aliphatic carbocycles. The van der Waals surface area contributed by atoms with Crippen LogP contribution in [0, 0.1) is 5.82 Å². The Labute approximate surface area is 198 Å². The average Bonchev–Trinajstić information content (AvgIpc) is 3.25. The van der Waals surface area contributed by atoms with Crippen molar-refractivity contribution in [3.8, 4) is 23.0 Å². The second kappa shape index (κ2) is 12.1. The highest BCUT2D eigenvalue weighted by Crippen LogP contribution is 2.27. The predicted molar refractivity (Wildman–Crippen MR) is 129 cm³/mol. The largest absolute Gasteiger partial charge is 0.493 e. The van der Waals surface area contributed by atoms with E-state index in [0.717, 1.165) is 16.8 Å². The first kappa shape index (κ1) is 24.4. The van der Waals surface area contributed by atoms with Gasteiger partial charge in [-0.1, -0.05) is 6.07 Å². The molecule has 0 saturated carbocycles. The van der Waals surface area contributed by atoms with Crippen LogP contribution in [0.3, 0.4) is 0 Å². The summed E-state index contributed by atoms with van der Waals surface area (Å²) in [4.78, 5) is 8.68. The third-order valence-electron chi connectivity index (χ3n) is 4.45. The van der Waals surface area contributed by atoms with Crippen LogP contribution in [0.25, 0.3) is 11.5 Å². The van der Waals surface area contributed by atoms with Crippen LogP contribution in [0.5, 0.6) is 11.5 Å². The molecule has 0 fully saturated rings. The van der Waals surface area contributed by atoms with Crippen LogP contribution in [-0.4, -0.2) is 38.8 Å². The summed E-state index contributed by atoms with van der Waals surface area (Å²) in [6.07, 6.45) is 2.27. The molecule has 0 aliphatic heterocycles. The Morgan fingerprint density at radius 3 is 2.48 bits per heavy atom. The van der Waals surface area contributed by atoms with E-state index in [9.17, 15) is 4.39 Å². The van der Waals surface area contributed by atoms with Crippen molar-refractivity contribution in [1.29, 1.82) is 0 Å². The van der Waals surface area contributed by atoms with Crippen molar-refractivity contribution in [2.24, 2.45) is 4.99 Å². The van der Waals surface area contributed by atoms with Crippen molar-refractivity contribution in [3.05, 3.63) is 65.8 Å². The summed E-state index contributed by atoms with van der Waals surface area (Å²) in [6, 6.07) is 11.8. The second-order valence-electron chi connectivity index (χ2n) is 6.44. The fourth-order valence-corrected chi connectivity index (χ4v) is 2.85. The van der Waals surface area contributed by atoms with E-state index in [4.69, 9.17) is 13.9 Å². The molecular formula is C22H26FIN4O3. The van der Waals surface area contributed by atoms with Gasteiger partial charge >= 0.3 is 0 Å². The van der Waals surface area contributed by atoms with Crippen molar-refractivity contribution < 1.29 is 18.3 Å². The van der Waals surface area contributed by atoms with Crippen LogP contribution >= 0.6 is 24.0 Å². The van der Waals surface area contributed by atoms with Crippen molar-refractivity contribution in [1.82, 2.24) is 15.6 Å². The van der Waals surface area contributed by atoms with E-state index < -0.39 is 0 Å². The van der Waals surface area contributed by atoms with Gasteiger partial charge in [0.25, 0.3) is 0 Å². The van der Waals surface area contributed by atoms with Crippen LogP contribution in [0.4, 0.5) is 4.39 Å². The van der Waals surface area contributed by atoms with Crippen molar-refractivity contribution in [2.75, 3.05) is 27.8 Å². The Bertz CT molecular complexity index is 993. The molecule has 7 nitrogen and oxygen atoms in total. The van der Waals surface area contributed by atoms with Gasteiger partial charge in [0.05, 0.1) is 19.9 Å². The van der Waals surface area contributed by atoms with Gasteiger partial charge in [-0.3, -0.25) is 4.99 Å². The zero-order valence-electron chi connectivity index (χ0n) is 17.6. The SMILES string of the molecule is CN=C(NCCc1coc(-c2ccc(F)cc2)n1)NCc1ccc(OC)c(OC)c1.I. The number of methoxy groups -OCH3 is 2. The maximum atomic E-state index is 13.0. The number of aromatic nitrogens is 1. The number of hydrogen-bond donors (Lipinski definition) is 2. The molecule has 0 aliphatic rings. The number of oxazole rings is 1. The zero-order valence-corrected chi connectivity index (χ0v) is 20.0. The molecule has 3 rings (SSSR count). The van der Waals surface area contributed by atoms with Gasteiger partial charge in [-0.05, 0) is 42.0 Å². The van der Waals surface area contributed by atoms with Gasteiger partial charge in [0.1, 0.15) is 12.1 Å². The average molecular weight is 540 g/mol. The monoisotopic (exact) mass is 540 g/mol. The first-order valence-corrected chi connectivity index (χ1v) is 9.48. The van der Waals surface area contributed by atoms with Crippen LogP contribution in [0.15, 0.2) is 58.1 Å². The van der Waals surface area contributed by atoms with Crippen molar-refractivity contribution in [2.45, 2.75) is 13.0 Å². The Hall–Kier alpha value is -2.82. The van der Waals surface area contributed by atoms with Gasteiger partial charge in [0, 0.05) is 32.1 Å². The standard InChI is InChI=1S/C22H25FN4O3.HI/c1-24-22(26-13-15-4-9-19(28-2)20(12-15)29-3)25-11-10-18-14-30-21(27-18)16-5-7-17(23)8-6-16;/h4-9,12,14H,10-11,13H2,1-3H3,(H2,24,25,26);1H. The molecule has 0 amide bonds. The molecule has 166 valence electrons. The number of nitrogens with zero attached hydrogens (tertiary/aromatic N) is 2. The highest BCUT2D eigenvalue weighted by Gasteiger charge is 2.08. The van der Waals surface area contributed by atoms with Gasteiger partial charge in [-0.25, -0.2) is 9.37 Å². The van der Waals surface area contributed by atoms with E-state index in [0.29, 0.717) is 42.9 Å². The molecule has 0 atom stereocenters. The Kier molecular flexibility index (Phi) is 9.57. The molecule has 0 bridgehead atoms. The molecule has 3 aromatic rings. The predicted octanol–water partition coefficient (Wildman–Crippen LogP) is 4.02. The van der Waals surface area contributed by atoms with Crippen LogP contribution in [-0.2, 0) is 13.0 Å². The Balaban J connectivity index is 0.00000341. The highest BCUT2D eigenvalue weighted by molar-refractivity contribution is 14.0. The zero-order chi connectivity index (χ0) is 21.3. The molecule has 2 N–H and O–H groups in total. The van der Waals surface area contributed by atoms with E-state index in [1.54, 1.807) is 39.7 Å². The van der Waals surface area contributed by atoms with Crippen LogP contribution in [0.2, 0.25) is 0 Å². The lowest BCUT2D eigenvalue weighted by molar-refractivity contribution is 0.354. The molecule has 31 heavy (non-hydrogen) atoms. The topological polar surface area (TPSA) is 80.9 Å². The minimum atomic E-state index is -0.290. The second-order valence-corrected chi connectivity index (χ2v) is 6.44. The molecule has 1 aromatic heterocycles. The summed E-state index contributed by atoms with van der Waals surface area (Å²) in [5.41, 5.74) is 2.58. The summed E-state index contributed by atoms with van der Waals surface area (Å²) in [5, 5.41) is 6.51. The van der Waals surface area contributed by atoms with Gasteiger partial charge in [-0.15, -0.1) is 24.0 Å². The number of guanidine groups is 1. The summed E-state index contributed by atoms with van der Waals surface area (Å²) >= 11 is 0. The summed E-state index contributed by atoms with van der Waals surface area (Å²) in [6.45, 7) is 1.21. The van der Waals surface area contributed by atoms with Crippen molar-refractivity contribution in [3.63, 3.8) is 0 Å². The molecule has 0 spiro atoms. The normalized spacial score (nSPS) is 10.9. The highest BCUT2D eigenvalue weighted by atomic mass is 127. The molecule has 2 aromatic carbocycles. The number of halogens is 2. The van der Waals surface area contributed by atoms with Crippen molar-refractivity contribution >= 4 is 29.9 Å². The van der Waals surface area contributed by atoms with Gasteiger partial charge in [-0.2, -0.15) is 0 Å². The molecule has 9 heteroatoms. The summed E-state index contributed by atoms with van der Waals surface area (Å²) in [7, 11) is 4.94. The number of hydrogen-bond acceptors (Lipinski definition) is 5. The first-order chi connectivity index (χ1) is 14.6. The summed E-state index contributed by atoms with van der Waals surface area (Å²) in [5.74, 6) is 2.23. The third-order valence-corrected chi connectivity index (χ3v) is 4.45. The van der Waals surface area contributed by atoms with Gasteiger partial charge in [0.15, 0.2) is 17.5 Å². The van der Waals surface area contributed by atoms with E-state index in [-0.39, 0.29) is 29.8 Å². The quantitative estimate of drug-likeness (QED) is 0.255. The van der Waals surface area contributed by atoms with E-state index in [2.05, 4.69) is 20.6 Å². The van der Waals surface area contributed by atoms with Gasteiger partial charge < -0.3 is 24.5 Å².